The summed E-state index contributed by atoms with van der Waals surface area (Å²) in [6.07, 6.45) is 4.94. The maximum atomic E-state index is 13.3. The molecule has 1 saturated carbocycles. The van der Waals surface area contributed by atoms with Crippen LogP contribution in [0.2, 0.25) is 0 Å². The van der Waals surface area contributed by atoms with Gasteiger partial charge in [0, 0.05) is 11.6 Å². The first-order valence-electron chi connectivity index (χ1n) is 6.31. The minimum atomic E-state index is -0.360. The van der Waals surface area contributed by atoms with E-state index in [-0.39, 0.29) is 12.4 Å². The number of benzene rings is 1. The van der Waals surface area contributed by atoms with Crippen LogP contribution in [0.3, 0.4) is 0 Å². The monoisotopic (exact) mass is 248 g/mol. The first kappa shape index (κ1) is 12.9. The Morgan fingerprint density at radius 1 is 1.28 bits per heavy atom. The number of ether oxygens (including phenoxy) is 1. The van der Waals surface area contributed by atoms with E-state index in [9.17, 15) is 4.39 Å². The van der Waals surface area contributed by atoms with E-state index < -0.39 is 0 Å². The van der Waals surface area contributed by atoms with Crippen molar-refractivity contribution in [3.05, 3.63) is 29.6 Å². The van der Waals surface area contributed by atoms with Gasteiger partial charge in [-0.25, -0.2) is 4.39 Å². The Bertz CT molecular complexity index is 453. The van der Waals surface area contributed by atoms with Gasteiger partial charge >= 0.3 is 0 Å². The fourth-order valence-electron chi connectivity index (χ4n) is 2.25. The lowest BCUT2D eigenvalue weighted by Gasteiger charge is -2.11. The fraction of sp³-hybridized carbons (Fsp3) is 0.467. The van der Waals surface area contributed by atoms with E-state index in [4.69, 9.17) is 9.84 Å². The van der Waals surface area contributed by atoms with E-state index in [0.717, 1.165) is 0 Å². The Hall–Kier alpha value is -1.53. The standard InChI is InChI=1S/C15H17FO2/c16-14-8-13(6-3-7-17)9-15(10-14)18-11-12-4-1-2-5-12/h8-10,12,17H,1-2,4-5,7,11H2. The SMILES string of the molecule is OCC#Cc1cc(F)cc(OCC2CCCC2)c1. The van der Waals surface area contributed by atoms with Crippen LogP contribution >= 0.6 is 0 Å². The fourth-order valence-corrected chi connectivity index (χ4v) is 2.25. The molecular weight excluding hydrogens is 231 g/mol. The van der Waals surface area contributed by atoms with Crippen molar-refractivity contribution >= 4 is 0 Å². The Labute approximate surface area is 107 Å². The second kappa shape index (κ2) is 6.42. The smallest absolute Gasteiger partial charge is 0.128 e. The molecule has 0 aromatic heterocycles. The second-order valence-electron chi connectivity index (χ2n) is 4.60. The molecule has 1 fully saturated rings. The lowest BCUT2D eigenvalue weighted by molar-refractivity contribution is 0.251. The number of aliphatic hydroxyl groups excluding tert-OH is 1. The summed E-state index contributed by atoms with van der Waals surface area (Å²) in [4.78, 5) is 0. The highest BCUT2D eigenvalue weighted by molar-refractivity contribution is 5.40. The molecule has 0 aliphatic heterocycles. The van der Waals surface area contributed by atoms with Crippen molar-refractivity contribution in [3.63, 3.8) is 0 Å². The van der Waals surface area contributed by atoms with E-state index in [2.05, 4.69) is 11.8 Å². The van der Waals surface area contributed by atoms with Crippen LogP contribution in [-0.2, 0) is 0 Å². The molecule has 3 heteroatoms. The van der Waals surface area contributed by atoms with Gasteiger partial charge in [0.1, 0.15) is 18.2 Å². The van der Waals surface area contributed by atoms with Crippen LogP contribution in [0.5, 0.6) is 5.75 Å². The van der Waals surface area contributed by atoms with Gasteiger partial charge in [-0.05, 0) is 30.9 Å². The largest absolute Gasteiger partial charge is 0.493 e. The highest BCUT2D eigenvalue weighted by Gasteiger charge is 2.15. The molecule has 96 valence electrons. The summed E-state index contributed by atoms with van der Waals surface area (Å²) >= 11 is 0. The minimum absolute atomic E-state index is 0.227. The zero-order valence-corrected chi connectivity index (χ0v) is 10.3. The van der Waals surface area contributed by atoms with Gasteiger partial charge in [-0.3, -0.25) is 0 Å². The minimum Gasteiger partial charge on any atom is -0.493 e. The van der Waals surface area contributed by atoms with Crippen LogP contribution in [0.25, 0.3) is 0 Å². The molecule has 1 aliphatic carbocycles. The third-order valence-corrected chi connectivity index (χ3v) is 3.14. The molecule has 0 radical (unpaired) electrons. The number of rotatable bonds is 3. The van der Waals surface area contributed by atoms with Gasteiger partial charge in [-0.1, -0.05) is 24.7 Å². The first-order chi connectivity index (χ1) is 8.78. The van der Waals surface area contributed by atoms with Crippen molar-refractivity contribution in [1.82, 2.24) is 0 Å². The molecule has 2 rings (SSSR count). The predicted molar refractivity (Wildman–Crippen MR) is 67.8 cm³/mol. The average molecular weight is 248 g/mol. The third kappa shape index (κ3) is 3.75. The van der Waals surface area contributed by atoms with Gasteiger partial charge in [0.25, 0.3) is 0 Å². The van der Waals surface area contributed by atoms with Gasteiger partial charge in [0.15, 0.2) is 0 Å². The van der Waals surface area contributed by atoms with Gasteiger partial charge in [-0.2, -0.15) is 0 Å². The Morgan fingerprint density at radius 2 is 2.06 bits per heavy atom. The zero-order chi connectivity index (χ0) is 12.8. The summed E-state index contributed by atoms with van der Waals surface area (Å²) in [7, 11) is 0. The van der Waals surface area contributed by atoms with Crippen LogP contribution in [0.15, 0.2) is 18.2 Å². The van der Waals surface area contributed by atoms with Gasteiger partial charge in [0.2, 0.25) is 0 Å². The molecule has 1 aromatic carbocycles. The molecule has 1 N–H and O–H groups in total. The summed E-state index contributed by atoms with van der Waals surface area (Å²) in [6, 6.07) is 4.42. The van der Waals surface area contributed by atoms with Crippen LogP contribution in [0.1, 0.15) is 31.2 Å². The van der Waals surface area contributed by atoms with Crippen LogP contribution in [0, 0.1) is 23.6 Å². The molecule has 0 spiro atoms. The number of aliphatic hydroxyl groups is 1. The van der Waals surface area contributed by atoms with Crippen molar-refractivity contribution in [1.29, 1.82) is 0 Å². The predicted octanol–water partition coefficient (Wildman–Crippen LogP) is 2.74. The van der Waals surface area contributed by atoms with Gasteiger partial charge < -0.3 is 9.84 Å². The molecule has 1 aromatic rings. The first-order valence-corrected chi connectivity index (χ1v) is 6.31. The summed E-state index contributed by atoms with van der Waals surface area (Å²) in [5, 5.41) is 8.61. The van der Waals surface area contributed by atoms with E-state index in [1.165, 1.54) is 37.8 Å². The zero-order valence-electron chi connectivity index (χ0n) is 10.3. The molecule has 0 bridgehead atoms. The number of halogens is 1. The van der Waals surface area contributed by atoms with Crippen molar-refractivity contribution in [2.75, 3.05) is 13.2 Å². The van der Waals surface area contributed by atoms with E-state index in [1.807, 2.05) is 0 Å². The van der Waals surface area contributed by atoms with Crippen molar-refractivity contribution in [3.8, 4) is 17.6 Å². The van der Waals surface area contributed by atoms with Gasteiger partial charge in [-0.15, -0.1) is 0 Å². The molecule has 18 heavy (non-hydrogen) atoms. The highest BCUT2D eigenvalue weighted by Crippen LogP contribution is 2.26. The Morgan fingerprint density at radius 3 is 2.78 bits per heavy atom. The summed E-state index contributed by atoms with van der Waals surface area (Å²) in [5.41, 5.74) is 0.533. The summed E-state index contributed by atoms with van der Waals surface area (Å²) in [5.74, 6) is 5.94. The van der Waals surface area contributed by atoms with Crippen molar-refractivity contribution in [2.45, 2.75) is 25.7 Å². The van der Waals surface area contributed by atoms with Crippen LogP contribution < -0.4 is 4.74 Å². The van der Waals surface area contributed by atoms with Gasteiger partial charge in [0.05, 0.1) is 6.61 Å². The average Bonchev–Trinajstić information content (AvgIpc) is 2.86. The maximum absolute atomic E-state index is 13.3. The Kier molecular flexibility index (Phi) is 4.60. The van der Waals surface area contributed by atoms with Crippen LogP contribution in [0.4, 0.5) is 4.39 Å². The number of hydrogen-bond donors (Lipinski definition) is 1. The van der Waals surface area contributed by atoms with E-state index in [0.29, 0.717) is 23.8 Å². The highest BCUT2D eigenvalue weighted by atomic mass is 19.1. The van der Waals surface area contributed by atoms with Crippen LogP contribution in [-0.4, -0.2) is 18.3 Å². The summed E-state index contributed by atoms with van der Waals surface area (Å²) < 4.78 is 19.0. The third-order valence-electron chi connectivity index (χ3n) is 3.14. The second-order valence-corrected chi connectivity index (χ2v) is 4.60. The molecule has 0 atom stereocenters. The van der Waals surface area contributed by atoms with E-state index in [1.54, 1.807) is 6.07 Å². The molecule has 2 nitrogen and oxygen atoms in total. The molecular formula is C15H17FO2. The van der Waals surface area contributed by atoms with E-state index >= 15 is 0 Å². The number of hydrogen-bond acceptors (Lipinski definition) is 2. The quantitative estimate of drug-likeness (QED) is 0.833. The lowest BCUT2D eigenvalue weighted by atomic mass is 10.1. The molecule has 0 saturated heterocycles. The molecule has 0 heterocycles. The summed E-state index contributed by atoms with van der Waals surface area (Å²) in [6.45, 7) is 0.422. The molecule has 1 aliphatic rings. The maximum Gasteiger partial charge on any atom is 0.128 e. The van der Waals surface area contributed by atoms with Crippen molar-refractivity contribution < 1.29 is 14.2 Å². The molecule has 0 amide bonds. The Balaban J connectivity index is 2.00. The van der Waals surface area contributed by atoms with Crippen molar-refractivity contribution in [2.24, 2.45) is 5.92 Å². The molecule has 0 unspecified atom stereocenters. The lowest BCUT2D eigenvalue weighted by Crippen LogP contribution is -2.08. The topological polar surface area (TPSA) is 29.5 Å². The normalized spacial score (nSPS) is 15.2.